The quantitative estimate of drug-likeness (QED) is 0.251. The third kappa shape index (κ3) is 8.47. The smallest absolute Gasteiger partial charge is 0.264 e. The van der Waals surface area contributed by atoms with Gasteiger partial charge in [-0.1, -0.05) is 87.3 Å². The van der Waals surface area contributed by atoms with Crippen LogP contribution in [0.2, 0.25) is 10.0 Å². The Labute approximate surface area is 253 Å². The summed E-state index contributed by atoms with van der Waals surface area (Å²) in [5, 5.41) is 3.64. The molecule has 0 heterocycles. The van der Waals surface area contributed by atoms with Crippen LogP contribution < -0.4 is 9.62 Å². The second-order valence-electron chi connectivity index (χ2n) is 10.6. The van der Waals surface area contributed by atoms with E-state index in [1.165, 1.54) is 17.0 Å². The maximum absolute atomic E-state index is 14.0. The molecular formula is C31H37Cl2N3O4S. The number of anilines is 1. The molecule has 0 radical (unpaired) electrons. The van der Waals surface area contributed by atoms with Gasteiger partial charge < -0.3 is 10.2 Å². The second kappa shape index (κ2) is 14.2. The Bertz CT molecular complexity index is 1450. The van der Waals surface area contributed by atoms with Gasteiger partial charge in [0.2, 0.25) is 11.8 Å². The average molecular weight is 619 g/mol. The molecule has 0 spiro atoms. The summed E-state index contributed by atoms with van der Waals surface area (Å²) in [7, 11) is -4.13. The molecule has 2 amide bonds. The van der Waals surface area contributed by atoms with Crippen molar-refractivity contribution in [1.82, 2.24) is 10.2 Å². The van der Waals surface area contributed by atoms with Crippen LogP contribution in [0.25, 0.3) is 0 Å². The molecular weight excluding hydrogens is 581 g/mol. The summed E-state index contributed by atoms with van der Waals surface area (Å²) in [5.41, 5.74) is 1.95. The van der Waals surface area contributed by atoms with Gasteiger partial charge in [-0.15, -0.1) is 0 Å². The highest BCUT2D eigenvalue weighted by molar-refractivity contribution is 7.92. The maximum atomic E-state index is 14.0. The molecule has 0 saturated carbocycles. The van der Waals surface area contributed by atoms with Crippen LogP contribution in [-0.2, 0) is 26.2 Å². The zero-order valence-corrected chi connectivity index (χ0v) is 26.3. The molecule has 0 aliphatic carbocycles. The van der Waals surface area contributed by atoms with Gasteiger partial charge in [0.15, 0.2) is 0 Å². The molecule has 0 aliphatic heterocycles. The number of benzene rings is 3. The normalized spacial score (nSPS) is 12.3. The Morgan fingerprint density at radius 3 is 2.07 bits per heavy atom. The third-order valence-corrected chi connectivity index (χ3v) is 9.04. The number of carbonyl (C=O) groups excluding carboxylic acids is 2. The van der Waals surface area contributed by atoms with Crippen molar-refractivity contribution in [1.29, 1.82) is 0 Å². The number of carbonyl (C=O) groups is 2. The minimum atomic E-state index is -4.13. The van der Waals surface area contributed by atoms with Gasteiger partial charge in [0.25, 0.3) is 10.0 Å². The Kier molecular flexibility index (Phi) is 11.2. The van der Waals surface area contributed by atoms with Gasteiger partial charge in [-0.2, -0.15) is 0 Å². The van der Waals surface area contributed by atoms with Crippen LogP contribution in [0.1, 0.15) is 51.7 Å². The van der Waals surface area contributed by atoms with Crippen molar-refractivity contribution in [3.05, 3.63) is 94.0 Å². The molecule has 3 rings (SSSR count). The number of hydrogen-bond acceptors (Lipinski definition) is 4. The maximum Gasteiger partial charge on any atom is 0.264 e. The number of halogens is 2. The van der Waals surface area contributed by atoms with Gasteiger partial charge in [-0.3, -0.25) is 13.9 Å². The van der Waals surface area contributed by atoms with Crippen molar-refractivity contribution in [2.24, 2.45) is 5.92 Å². The lowest BCUT2D eigenvalue weighted by Crippen LogP contribution is -2.51. The van der Waals surface area contributed by atoms with Crippen LogP contribution in [0.5, 0.6) is 0 Å². The molecule has 0 aliphatic rings. The molecule has 3 aromatic rings. The summed E-state index contributed by atoms with van der Waals surface area (Å²) >= 11 is 12.5. The Balaban J connectivity index is 2.04. The van der Waals surface area contributed by atoms with Crippen molar-refractivity contribution < 1.29 is 18.0 Å². The third-order valence-electron chi connectivity index (χ3n) is 6.67. The monoisotopic (exact) mass is 617 g/mol. The molecule has 3 aromatic carbocycles. The number of rotatable bonds is 12. The van der Waals surface area contributed by atoms with Crippen LogP contribution in [0.15, 0.2) is 77.7 Å². The zero-order valence-electron chi connectivity index (χ0n) is 24.0. The molecule has 0 bridgehead atoms. The summed E-state index contributed by atoms with van der Waals surface area (Å²) in [6.45, 7) is 9.54. The van der Waals surface area contributed by atoms with Crippen LogP contribution >= 0.6 is 23.2 Å². The fourth-order valence-electron chi connectivity index (χ4n) is 4.14. The SMILES string of the molecule is CC(C)CNC(=O)C(C)N(Cc1ccc(Cl)cc1Cl)C(=O)CN(c1ccc(C(C)C)cc1)S(=O)(=O)c1ccccc1. The molecule has 0 aromatic heterocycles. The van der Waals surface area contributed by atoms with Crippen LogP contribution in [0.3, 0.4) is 0 Å². The first-order valence-electron chi connectivity index (χ1n) is 13.5. The summed E-state index contributed by atoms with van der Waals surface area (Å²) in [6, 6.07) is 19.1. The van der Waals surface area contributed by atoms with Crippen LogP contribution in [0.4, 0.5) is 5.69 Å². The highest BCUT2D eigenvalue weighted by Gasteiger charge is 2.32. The number of amides is 2. The van der Waals surface area contributed by atoms with E-state index in [0.717, 1.165) is 9.87 Å². The Hall–Kier alpha value is -3.07. The minimum absolute atomic E-state index is 0.0172. The second-order valence-corrected chi connectivity index (χ2v) is 13.3. The van der Waals surface area contributed by atoms with Gasteiger partial charge >= 0.3 is 0 Å². The van der Waals surface area contributed by atoms with E-state index >= 15 is 0 Å². The average Bonchev–Trinajstić information content (AvgIpc) is 2.94. The number of sulfonamides is 1. The van der Waals surface area contributed by atoms with E-state index in [1.807, 2.05) is 39.8 Å². The first-order chi connectivity index (χ1) is 19.3. The van der Waals surface area contributed by atoms with Gasteiger partial charge in [-0.05, 0) is 66.3 Å². The number of hydrogen-bond donors (Lipinski definition) is 1. The summed E-state index contributed by atoms with van der Waals surface area (Å²) in [4.78, 5) is 28.5. The first kappa shape index (κ1) is 32.4. The predicted molar refractivity (Wildman–Crippen MR) is 166 cm³/mol. The number of nitrogens with zero attached hydrogens (tertiary/aromatic N) is 2. The van der Waals surface area contributed by atoms with E-state index in [1.54, 1.807) is 55.5 Å². The van der Waals surface area contributed by atoms with Crippen molar-refractivity contribution in [3.63, 3.8) is 0 Å². The molecule has 1 atom stereocenters. The van der Waals surface area contributed by atoms with Gasteiger partial charge in [0.05, 0.1) is 10.6 Å². The van der Waals surface area contributed by atoms with E-state index in [2.05, 4.69) is 5.32 Å². The minimum Gasteiger partial charge on any atom is -0.354 e. The molecule has 0 saturated heterocycles. The van der Waals surface area contributed by atoms with Crippen molar-refractivity contribution in [2.45, 2.75) is 58.0 Å². The summed E-state index contributed by atoms with van der Waals surface area (Å²) in [5.74, 6) is -0.456. The lowest BCUT2D eigenvalue weighted by Gasteiger charge is -2.32. The molecule has 1 unspecified atom stereocenters. The molecule has 0 fully saturated rings. The van der Waals surface area contributed by atoms with E-state index in [4.69, 9.17) is 23.2 Å². The lowest BCUT2D eigenvalue weighted by atomic mass is 10.0. The molecule has 220 valence electrons. The van der Waals surface area contributed by atoms with E-state index in [9.17, 15) is 18.0 Å². The predicted octanol–water partition coefficient (Wildman–Crippen LogP) is 6.50. The fourth-order valence-corrected chi connectivity index (χ4v) is 6.05. The lowest BCUT2D eigenvalue weighted by molar-refractivity contribution is -0.139. The van der Waals surface area contributed by atoms with Crippen molar-refractivity contribution in [3.8, 4) is 0 Å². The zero-order chi connectivity index (χ0) is 30.3. The molecule has 7 nitrogen and oxygen atoms in total. The largest absolute Gasteiger partial charge is 0.354 e. The van der Waals surface area contributed by atoms with E-state index in [0.29, 0.717) is 27.8 Å². The Morgan fingerprint density at radius 2 is 1.51 bits per heavy atom. The first-order valence-corrected chi connectivity index (χ1v) is 15.7. The molecule has 1 N–H and O–H groups in total. The van der Waals surface area contributed by atoms with Gasteiger partial charge in [0, 0.05) is 23.1 Å². The highest BCUT2D eigenvalue weighted by Crippen LogP contribution is 2.27. The standard InChI is InChI=1S/C31H37Cl2N3O4S/c1-21(2)18-34-31(38)23(5)35(19-25-11-14-26(32)17-29(25)33)30(37)20-36(27-15-12-24(13-16-27)22(3)4)41(39,40)28-9-7-6-8-10-28/h6-17,21-23H,18-20H2,1-5H3,(H,34,38). The van der Waals surface area contributed by atoms with Crippen molar-refractivity contribution >= 4 is 50.7 Å². The number of nitrogens with one attached hydrogen (secondary N) is 1. The molecule has 41 heavy (non-hydrogen) atoms. The summed E-state index contributed by atoms with van der Waals surface area (Å²) in [6.07, 6.45) is 0. The highest BCUT2D eigenvalue weighted by atomic mass is 35.5. The van der Waals surface area contributed by atoms with Crippen LogP contribution in [-0.4, -0.2) is 44.3 Å². The Morgan fingerprint density at radius 1 is 0.878 bits per heavy atom. The topological polar surface area (TPSA) is 86.8 Å². The fraction of sp³-hybridized carbons (Fsp3) is 0.355. The van der Waals surface area contributed by atoms with Gasteiger partial charge in [0.1, 0.15) is 12.6 Å². The summed E-state index contributed by atoms with van der Waals surface area (Å²) < 4.78 is 28.8. The van der Waals surface area contributed by atoms with Crippen molar-refractivity contribution in [2.75, 3.05) is 17.4 Å². The van der Waals surface area contributed by atoms with Gasteiger partial charge in [-0.25, -0.2) is 8.42 Å². The molecule has 10 heteroatoms. The van der Waals surface area contributed by atoms with E-state index < -0.39 is 28.5 Å². The van der Waals surface area contributed by atoms with E-state index in [-0.39, 0.29) is 29.2 Å². The van der Waals surface area contributed by atoms with Crippen LogP contribution in [0, 0.1) is 5.92 Å².